The SMILES string of the molecule is Nc1cccc(-c2cnc(N3CCOCC3)c3ccccc23)c1. The molecule has 0 atom stereocenters. The van der Waals surface area contributed by atoms with E-state index in [0.29, 0.717) is 0 Å². The number of nitrogens with zero attached hydrogens (tertiary/aromatic N) is 2. The van der Waals surface area contributed by atoms with Gasteiger partial charge in [0.05, 0.1) is 13.2 Å². The van der Waals surface area contributed by atoms with Crippen LogP contribution in [0.5, 0.6) is 0 Å². The van der Waals surface area contributed by atoms with Crippen LogP contribution in [-0.4, -0.2) is 31.3 Å². The monoisotopic (exact) mass is 305 g/mol. The zero-order chi connectivity index (χ0) is 15.6. The average Bonchev–Trinajstić information content (AvgIpc) is 2.61. The van der Waals surface area contributed by atoms with Gasteiger partial charge in [-0.3, -0.25) is 0 Å². The molecule has 0 saturated carbocycles. The Morgan fingerprint density at radius 2 is 1.74 bits per heavy atom. The van der Waals surface area contributed by atoms with Crippen LogP contribution in [0.15, 0.2) is 54.7 Å². The fourth-order valence-electron chi connectivity index (χ4n) is 3.14. The van der Waals surface area contributed by atoms with Crippen molar-refractivity contribution in [3.63, 3.8) is 0 Å². The van der Waals surface area contributed by atoms with E-state index in [0.717, 1.165) is 48.9 Å². The molecule has 2 heterocycles. The van der Waals surface area contributed by atoms with E-state index >= 15 is 0 Å². The van der Waals surface area contributed by atoms with Crippen molar-refractivity contribution in [2.75, 3.05) is 36.9 Å². The van der Waals surface area contributed by atoms with Crippen LogP contribution in [0.1, 0.15) is 0 Å². The first kappa shape index (κ1) is 14.0. The molecule has 1 aliphatic heterocycles. The Labute approximate surface area is 135 Å². The van der Waals surface area contributed by atoms with E-state index in [9.17, 15) is 0 Å². The molecule has 23 heavy (non-hydrogen) atoms. The first-order chi connectivity index (χ1) is 11.3. The largest absolute Gasteiger partial charge is 0.399 e. The van der Waals surface area contributed by atoms with E-state index in [-0.39, 0.29) is 0 Å². The molecule has 0 bridgehead atoms. The molecule has 1 aromatic heterocycles. The lowest BCUT2D eigenvalue weighted by Gasteiger charge is -2.29. The predicted octanol–water partition coefficient (Wildman–Crippen LogP) is 3.32. The molecular weight excluding hydrogens is 286 g/mol. The van der Waals surface area contributed by atoms with Gasteiger partial charge in [0.2, 0.25) is 0 Å². The second-order valence-electron chi connectivity index (χ2n) is 5.77. The van der Waals surface area contributed by atoms with E-state index in [2.05, 4.69) is 35.2 Å². The molecule has 0 amide bonds. The Morgan fingerprint density at radius 1 is 0.957 bits per heavy atom. The molecule has 2 aromatic carbocycles. The van der Waals surface area contributed by atoms with Crippen LogP contribution in [0.3, 0.4) is 0 Å². The number of ether oxygens (including phenoxy) is 1. The van der Waals surface area contributed by atoms with Gasteiger partial charge in [-0.1, -0.05) is 36.4 Å². The van der Waals surface area contributed by atoms with E-state index in [1.165, 1.54) is 10.8 Å². The van der Waals surface area contributed by atoms with Crippen molar-refractivity contribution in [1.29, 1.82) is 0 Å². The first-order valence-electron chi connectivity index (χ1n) is 7.89. The minimum Gasteiger partial charge on any atom is -0.399 e. The van der Waals surface area contributed by atoms with Crippen molar-refractivity contribution < 1.29 is 4.74 Å². The van der Waals surface area contributed by atoms with Crippen molar-refractivity contribution in [1.82, 2.24) is 4.98 Å². The highest BCUT2D eigenvalue weighted by molar-refractivity contribution is 6.02. The predicted molar refractivity (Wildman–Crippen MR) is 94.6 cm³/mol. The maximum absolute atomic E-state index is 5.94. The van der Waals surface area contributed by atoms with Gasteiger partial charge in [0.1, 0.15) is 5.82 Å². The molecule has 4 nitrogen and oxygen atoms in total. The van der Waals surface area contributed by atoms with E-state index in [1.807, 2.05) is 24.4 Å². The Morgan fingerprint density at radius 3 is 2.52 bits per heavy atom. The van der Waals surface area contributed by atoms with Gasteiger partial charge in [-0.25, -0.2) is 4.98 Å². The van der Waals surface area contributed by atoms with Crippen LogP contribution in [0.4, 0.5) is 11.5 Å². The number of aromatic nitrogens is 1. The molecule has 0 spiro atoms. The van der Waals surface area contributed by atoms with Crippen LogP contribution in [0.2, 0.25) is 0 Å². The van der Waals surface area contributed by atoms with E-state index in [1.54, 1.807) is 0 Å². The molecule has 4 rings (SSSR count). The molecule has 1 aliphatic rings. The van der Waals surface area contributed by atoms with Gasteiger partial charge in [-0.15, -0.1) is 0 Å². The highest BCUT2D eigenvalue weighted by atomic mass is 16.5. The Hall–Kier alpha value is -2.59. The lowest BCUT2D eigenvalue weighted by atomic mass is 10.00. The van der Waals surface area contributed by atoms with Gasteiger partial charge in [0.15, 0.2) is 0 Å². The Kier molecular flexibility index (Phi) is 3.60. The van der Waals surface area contributed by atoms with E-state index in [4.69, 9.17) is 15.5 Å². The number of nitrogens with two attached hydrogens (primary N) is 1. The summed E-state index contributed by atoms with van der Waals surface area (Å²) in [4.78, 5) is 7.07. The number of fused-ring (bicyclic) bond motifs is 1. The molecule has 4 heteroatoms. The second-order valence-corrected chi connectivity index (χ2v) is 5.77. The lowest BCUT2D eigenvalue weighted by molar-refractivity contribution is 0.122. The molecule has 3 aromatic rings. The van der Waals surface area contributed by atoms with Crippen molar-refractivity contribution >= 4 is 22.3 Å². The first-order valence-corrected chi connectivity index (χ1v) is 7.89. The zero-order valence-electron chi connectivity index (χ0n) is 12.9. The smallest absolute Gasteiger partial charge is 0.136 e. The summed E-state index contributed by atoms with van der Waals surface area (Å²) in [6, 6.07) is 16.4. The fraction of sp³-hybridized carbons (Fsp3) is 0.211. The molecule has 1 fully saturated rings. The number of pyridine rings is 1. The van der Waals surface area contributed by atoms with Crippen molar-refractivity contribution in [2.45, 2.75) is 0 Å². The number of hydrogen-bond donors (Lipinski definition) is 1. The summed E-state index contributed by atoms with van der Waals surface area (Å²) in [5.41, 5.74) is 8.93. The number of hydrogen-bond acceptors (Lipinski definition) is 4. The number of nitrogen functional groups attached to an aromatic ring is 1. The number of anilines is 2. The molecule has 2 N–H and O–H groups in total. The van der Waals surface area contributed by atoms with Gasteiger partial charge < -0.3 is 15.4 Å². The maximum atomic E-state index is 5.94. The van der Waals surface area contributed by atoms with Gasteiger partial charge in [0, 0.05) is 35.9 Å². The topological polar surface area (TPSA) is 51.4 Å². The lowest BCUT2D eigenvalue weighted by Crippen LogP contribution is -2.36. The highest BCUT2D eigenvalue weighted by Crippen LogP contribution is 2.33. The average molecular weight is 305 g/mol. The molecule has 1 saturated heterocycles. The van der Waals surface area contributed by atoms with Crippen molar-refractivity contribution in [3.05, 3.63) is 54.7 Å². The summed E-state index contributed by atoms with van der Waals surface area (Å²) in [5, 5.41) is 2.38. The van der Waals surface area contributed by atoms with Crippen LogP contribution in [-0.2, 0) is 4.74 Å². The third-order valence-electron chi connectivity index (χ3n) is 4.28. The van der Waals surface area contributed by atoms with Crippen LogP contribution in [0.25, 0.3) is 21.9 Å². The maximum Gasteiger partial charge on any atom is 0.136 e. The van der Waals surface area contributed by atoms with Crippen LogP contribution < -0.4 is 10.6 Å². The third-order valence-corrected chi connectivity index (χ3v) is 4.28. The quantitative estimate of drug-likeness (QED) is 0.738. The number of morpholine rings is 1. The van der Waals surface area contributed by atoms with Crippen molar-refractivity contribution in [3.8, 4) is 11.1 Å². The normalized spacial score (nSPS) is 15.0. The van der Waals surface area contributed by atoms with Crippen LogP contribution >= 0.6 is 0 Å². The molecular formula is C19H19N3O. The molecule has 116 valence electrons. The minimum atomic E-state index is 0.757. The Balaban J connectivity index is 1.88. The van der Waals surface area contributed by atoms with Gasteiger partial charge in [-0.2, -0.15) is 0 Å². The minimum absolute atomic E-state index is 0.757. The molecule has 0 radical (unpaired) electrons. The summed E-state index contributed by atoms with van der Waals surface area (Å²) >= 11 is 0. The number of rotatable bonds is 2. The zero-order valence-corrected chi connectivity index (χ0v) is 12.9. The standard InChI is InChI=1S/C19H19N3O/c20-15-5-3-4-14(12-15)18-13-21-19(22-8-10-23-11-9-22)17-7-2-1-6-16(17)18/h1-7,12-13H,8-11,20H2. The van der Waals surface area contributed by atoms with Gasteiger partial charge >= 0.3 is 0 Å². The van der Waals surface area contributed by atoms with Gasteiger partial charge in [0.25, 0.3) is 0 Å². The Bertz CT molecular complexity index is 841. The summed E-state index contributed by atoms with van der Waals surface area (Å²) in [6.45, 7) is 3.28. The molecule has 0 unspecified atom stereocenters. The summed E-state index contributed by atoms with van der Waals surface area (Å²) in [5.74, 6) is 1.04. The van der Waals surface area contributed by atoms with Crippen molar-refractivity contribution in [2.24, 2.45) is 0 Å². The highest BCUT2D eigenvalue weighted by Gasteiger charge is 2.17. The summed E-state index contributed by atoms with van der Waals surface area (Å²) in [7, 11) is 0. The third kappa shape index (κ3) is 2.62. The van der Waals surface area contributed by atoms with Crippen LogP contribution in [0, 0.1) is 0 Å². The van der Waals surface area contributed by atoms with E-state index < -0.39 is 0 Å². The number of benzene rings is 2. The molecule has 0 aliphatic carbocycles. The van der Waals surface area contributed by atoms with Gasteiger partial charge in [-0.05, 0) is 23.1 Å². The summed E-state index contributed by atoms with van der Waals surface area (Å²) in [6.07, 6.45) is 1.96. The summed E-state index contributed by atoms with van der Waals surface area (Å²) < 4.78 is 5.46. The second kappa shape index (κ2) is 5.89. The fourth-order valence-corrected chi connectivity index (χ4v) is 3.14.